The highest BCUT2D eigenvalue weighted by molar-refractivity contribution is 4.92. The third kappa shape index (κ3) is 3.16. The maximum Gasteiger partial charge on any atom is 0.0687 e. The number of ether oxygens (including phenoxy) is 1. The molecule has 1 N–H and O–H groups in total. The van der Waals surface area contributed by atoms with Crippen LogP contribution in [0.25, 0.3) is 0 Å². The van der Waals surface area contributed by atoms with E-state index in [0.29, 0.717) is 18.6 Å². The van der Waals surface area contributed by atoms with Gasteiger partial charge in [0, 0.05) is 6.61 Å². The van der Waals surface area contributed by atoms with Crippen LogP contribution in [-0.2, 0) is 4.74 Å². The Kier molecular flexibility index (Phi) is 4.48. The van der Waals surface area contributed by atoms with Gasteiger partial charge in [0.05, 0.1) is 11.7 Å². The molecule has 2 atom stereocenters. The molecule has 19 heavy (non-hydrogen) atoms. The van der Waals surface area contributed by atoms with Crippen molar-refractivity contribution in [1.29, 1.82) is 0 Å². The Bertz CT molecular complexity index is 277. The molecule has 0 aromatic heterocycles. The van der Waals surface area contributed by atoms with Gasteiger partial charge in [-0.25, -0.2) is 0 Å². The van der Waals surface area contributed by atoms with Gasteiger partial charge in [-0.1, -0.05) is 44.9 Å². The van der Waals surface area contributed by atoms with E-state index in [-0.39, 0.29) is 5.60 Å². The fourth-order valence-corrected chi connectivity index (χ4v) is 4.81. The summed E-state index contributed by atoms with van der Waals surface area (Å²) in [6.07, 6.45) is 16.2. The smallest absolute Gasteiger partial charge is 0.0687 e. The predicted molar refractivity (Wildman–Crippen MR) is 77.1 cm³/mol. The molecular weight excluding hydrogens is 236 g/mol. The zero-order chi connectivity index (χ0) is 13.1. The highest BCUT2D eigenvalue weighted by atomic mass is 16.5. The zero-order valence-electron chi connectivity index (χ0n) is 12.3. The van der Waals surface area contributed by atoms with Crippen LogP contribution in [0.2, 0.25) is 0 Å². The maximum atomic E-state index is 9.69. The lowest BCUT2D eigenvalue weighted by Gasteiger charge is -2.34. The Morgan fingerprint density at radius 3 is 2.37 bits per heavy atom. The minimum absolute atomic E-state index is 0.249. The molecular formula is C17H30O2. The Hall–Kier alpha value is -0.0800. The predicted octanol–water partition coefficient (Wildman–Crippen LogP) is 4.06. The molecule has 2 unspecified atom stereocenters. The third-order valence-corrected chi connectivity index (χ3v) is 5.97. The summed E-state index contributed by atoms with van der Waals surface area (Å²) in [5, 5.41) is 9.69. The molecule has 1 spiro atoms. The summed E-state index contributed by atoms with van der Waals surface area (Å²) in [5.74, 6) is 1.28. The average molecular weight is 266 g/mol. The second-order valence-electron chi connectivity index (χ2n) is 7.25. The van der Waals surface area contributed by atoms with Crippen LogP contribution in [0, 0.1) is 11.8 Å². The van der Waals surface area contributed by atoms with Crippen molar-refractivity contribution in [3.8, 4) is 0 Å². The molecule has 3 fully saturated rings. The van der Waals surface area contributed by atoms with Crippen molar-refractivity contribution in [2.45, 2.75) is 88.8 Å². The topological polar surface area (TPSA) is 29.5 Å². The lowest BCUT2D eigenvalue weighted by atomic mass is 9.82. The molecule has 110 valence electrons. The molecule has 0 aromatic rings. The number of hydrogen-bond donors (Lipinski definition) is 1. The van der Waals surface area contributed by atoms with Gasteiger partial charge >= 0.3 is 0 Å². The number of hydrogen-bond acceptors (Lipinski definition) is 2. The second-order valence-corrected chi connectivity index (χ2v) is 7.25. The first kappa shape index (κ1) is 13.9. The summed E-state index contributed by atoms with van der Waals surface area (Å²) in [6, 6.07) is 0. The van der Waals surface area contributed by atoms with Crippen molar-refractivity contribution in [1.82, 2.24) is 0 Å². The Labute approximate surface area is 117 Å². The second kappa shape index (κ2) is 6.13. The van der Waals surface area contributed by atoms with Gasteiger partial charge < -0.3 is 9.84 Å². The first-order chi connectivity index (χ1) is 9.31. The van der Waals surface area contributed by atoms with Gasteiger partial charge in [-0.15, -0.1) is 0 Å². The lowest BCUT2D eigenvalue weighted by molar-refractivity contribution is -0.0742. The maximum absolute atomic E-state index is 9.69. The molecule has 0 radical (unpaired) electrons. The number of aliphatic hydroxyl groups excluding tert-OH is 1. The van der Waals surface area contributed by atoms with Gasteiger partial charge in [0.1, 0.15) is 0 Å². The van der Waals surface area contributed by atoms with E-state index in [1.54, 1.807) is 0 Å². The molecule has 3 aliphatic rings. The third-order valence-electron chi connectivity index (χ3n) is 5.97. The summed E-state index contributed by atoms with van der Waals surface area (Å²) >= 11 is 0. The molecule has 2 nitrogen and oxygen atoms in total. The molecule has 3 rings (SSSR count). The van der Waals surface area contributed by atoms with Gasteiger partial charge in [-0.05, 0) is 43.9 Å². The van der Waals surface area contributed by atoms with Gasteiger partial charge in [-0.3, -0.25) is 0 Å². The van der Waals surface area contributed by atoms with Crippen LogP contribution in [0.1, 0.15) is 77.0 Å². The quantitative estimate of drug-likeness (QED) is 0.831. The monoisotopic (exact) mass is 266 g/mol. The average Bonchev–Trinajstić information content (AvgIpc) is 3.08. The molecule has 2 saturated carbocycles. The van der Waals surface area contributed by atoms with Crippen molar-refractivity contribution in [2.75, 3.05) is 6.61 Å². The summed E-state index contributed by atoms with van der Waals surface area (Å²) in [5.41, 5.74) is 0.249. The normalized spacial score (nSPS) is 33.0. The minimum Gasteiger partial charge on any atom is -0.396 e. The SMILES string of the molecule is OCC(CC1CCC2(CCCCC2)O1)C1CCCC1. The molecule has 0 bridgehead atoms. The highest BCUT2D eigenvalue weighted by Crippen LogP contribution is 2.44. The van der Waals surface area contributed by atoms with Crippen LogP contribution in [0.5, 0.6) is 0 Å². The first-order valence-corrected chi connectivity index (χ1v) is 8.60. The molecule has 0 amide bonds. The van der Waals surface area contributed by atoms with E-state index in [9.17, 15) is 5.11 Å². The van der Waals surface area contributed by atoms with E-state index in [2.05, 4.69) is 0 Å². The summed E-state index contributed by atoms with van der Waals surface area (Å²) in [7, 11) is 0. The van der Waals surface area contributed by atoms with Crippen LogP contribution in [0.4, 0.5) is 0 Å². The zero-order valence-corrected chi connectivity index (χ0v) is 12.3. The van der Waals surface area contributed by atoms with Crippen LogP contribution in [-0.4, -0.2) is 23.4 Å². The standard InChI is InChI=1S/C17H30O2/c18-13-15(14-6-2-3-7-14)12-16-8-11-17(19-16)9-4-1-5-10-17/h14-16,18H,1-13H2. The van der Waals surface area contributed by atoms with Crippen molar-refractivity contribution in [3.63, 3.8) is 0 Å². The van der Waals surface area contributed by atoms with Gasteiger partial charge in [0.2, 0.25) is 0 Å². The highest BCUT2D eigenvalue weighted by Gasteiger charge is 2.41. The van der Waals surface area contributed by atoms with Gasteiger partial charge in [-0.2, -0.15) is 0 Å². The van der Waals surface area contributed by atoms with Gasteiger partial charge in [0.15, 0.2) is 0 Å². The minimum atomic E-state index is 0.249. The first-order valence-electron chi connectivity index (χ1n) is 8.60. The Morgan fingerprint density at radius 1 is 0.947 bits per heavy atom. The van der Waals surface area contributed by atoms with E-state index < -0.39 is 0 Å². The van der Waals surface area contributed by atoms with E-state index in [4.69, 9.17) is 4.74 Å². The largest absolute Gasteiger partial charge is 0.396 e. The van der Waals surface area contributed by atoms with Crippen molar-refractivity contribution in [3.05, 3.63) is 0 Å². The molecule has 0 aromatic carbocycles. The lowest BCUT2D eigenvalue weighted by Crippen LogP contribution is -2.32. The van der Waals surface area contributed by atoms with E-state index >= 15 is 0 Å². The fourth-order valence-electron chi connectivity index (χ4n) is 4.81. The van der Waals surface area contributed by atoms with Crippen molar-refractivity contribution >= 4 is 0 Å². The summed E-state index contributed by atoms with van der Waals surface area (Å²) in [6.45, 7) is 0.373. The Balaban J connectivity index is 1.52. The van der Waals surface area contributed by atoms with Crippen LogP contribution in [0.15, 0.2) is 0 Å². The summed E-state index contributed by atoms with van der Waals surface area (Å²) < 4.78 is 6.47. The molecule has 2 aliphatic carbocycles. The van der Waals surface area contributed by atoms with E-state index in [1.165, 1.54) is 70.6 Å². The molecule has 1 aliphatic heterocycles. The van der Waals surface area contributed by atoms with Crippen molar-refractivity contribution in [2.24, 2.45) is 11.8 Å². The van der Waals surface area contributed by atoms with Crippen LogP contribution >= 0.6 is 0 Å². The fraction of sp³-hybridized carbons (Fsp3) is 1.00. The molecule has 1 saturated heterocycles. The van der Waals surface area contributed by atoms with Crippen LogP contribution < -0.4 is 0 Å². The molecule has 1 heterocycles. The van der Waals surface area contributed by atoms with E-state index in [1.807, 2.05) is 0 Å². The van der Waals surface area contributed by atoms with Crippen molar-refractivity contribution < 1.29 is 9.84 Å². The number of rotatable bonds is 4. The number of aliphatic hydroxyl groups is 1. The van der Waals surface area contributed by atoms with E-state index in [0.717, 1.165) is 12.3 Å². The summed E-state index contributed by atoms with van der Waals surface area (Å²) in [4.78, 5) is 0. The van der Waals surface area contributed by atoms with Crippen LogP contribution in [0.3, 0.4) is 0 Å². The Morgan fingerprint density at radius 2 is 1.68 bits per heavy atom. The molecule has 2 heteroatoms. The van der Waals surface area contributed by atoms with Gasteiger partial charge in [0.25, 0.3) is 0 Å².